The molecule has 2 amide bonds. The van der Waals surface area contributed by atoms with Gasteiger partial charge in [0.15, 0.2) is 0 Å². The first-order chi connectivity index (χ1) is 11.7. The zero-order valence-electron chi connectivity index (χ0n) is 13.6. The van der Waals surface area contributed by atoms with E-state index in [1.165, 1.54) is 6.92 Å². The molecular formula is C16H21N3O6. The molecule has 0 saturated carbocycles. The molecule has 0 spiro atoms. The van der Waals surface area contributed by atoms with Crippen LogP contribution in [-0.4, -0.2) is 52.1 Å². The highest BCUT2D eigenvalue weighted by Gasteiger charge is 2.27. The second-order valence-corrected chi connectivity index (χ2v) is 5.52. The van der Waals surface area contributed by atoms with Gasteiger partial charge in [0.05, 0.1) is 12.5 Å². The number of rotatable bonds is 9. The summed E-state index contributed by atoms with van der Waals surface area (Å²) in [6.45, 7) is 1.29. The predicted octanol–water partition coefficient (Wildman–Crippen LogP) is -0.895. The van der Waals surface area contributed by atoms with Crippen molar-refractivity contribution in [1.29, 1.82) is 0 Å². The first kappa shape index (κ1) is 20.1. The number of hydrogen-bond donors (Lipinski definition) is 5. The van der Waals surface area contributed by atoms with E-state index in [0.717, 1.165) is 5.56 Å². The fourth-order valence-electron chi connectivity index (χ4n) is 1.99. The van der Waals surface area contributed by atoms with Gasteiger partial charge in [-0.25, -0.2) is 0 Å². The monoisotopic (exact) mass is 351 g/mol. The molecule has 0 aliphatic rings. The van der Waals surface area contributed by atoms with Crippen LogP contribution in [0.25, 0.3) is 0 Å². The topological polar surface area (TPSA) is 159 Å². The molecule has 0 unspecified atom stereocenters. The van der Waals surface area contributed by atoms with Crippen molar-refractivity contribution in [3.05, 3.63) is 35.9 Å². The molecule has 1 aromatic rings. The summed E-state index contributed by atoms with van der Waals surface area (Å²) in [5.41, 5.74) is 6.22. The molecule has 0 aliphatic carbocycles. The van der Waals surface area contributed by atoms with E-state index in [2.05, 4.69) is 10.6 Å². The van der Waals surface area contributed by atoms with Crippen LogP contribution in [0.15, 0.2) is 30.3 Å². The summed E-state index contributed by atoms with van der Waals surface area (Å²) in [6.07, 6.45) is -0.485. The fraction of sp³-hybridized carbons (Fsp3) is 0.375. The number of hydrogen-bond acceptors (Lipinski definition) is 5. The lowest BCUT2D eigenvalue weighted by Gasteiger charge is -2.21. The van der Waals surface area contributed by atoms with Gasteiger partial charge in [-0.1, -0.05) is 30.3 Å². The third-order valence-electron chi connectivity index (χ3n) is 3.38. The standard InChI is InChI=1S/C16H21N3O6/c1-9(16(24)25)18-15(23)12(7-10-5-3-2-4-6-10)19-14(22)11(17)8-13(20)21/h2-6,9,11-12H,7-8,17H2,1H3,(H,18,23)(H,19,22)(H,20,21)(H,24,25)/t9-,11-,12-/m0/s1. The van der Waals surface area contributed by atoms with Gasteiger partial charge in [-0.15, -0.1) is 0 Å². The second kappa shape index (κ2) is 9.38. The Labute approximate surface area is 144 Å². The van der Waals surface area contributed by atoms with Gasteiger partial charge in [-0.05, 0) is 12.5 Å². The summed E-state index contributed by atoms with van der Waals surface area (Å²) in [5.74, 6) is -3.97. The first-order valence-electron chi connectivity index (χ1n) is 7.55. The normalized spacial score (nSPS) is 14.0. The molecule has 136 valence electrons. The Hall–Kier alpha value is -2.94. The maximum Gasteiger partial charge on any atom is 0.325 e. The largest absolute Gasteiger partial charge is 0.481 e. The van der Waals surface area contributed by atoms with Gasteiger partial charge in [-0.3, -0.25) is 19.2 Å². The Morgan fingerprint density at radius 2 is 1.64 bits per heavy atom. The summed E-state index contributed by atoms with van der Waals surface area (Å²) >= 11 is 0. The van der Waals surface area contributed by atoms with E-state index in [0.29, 0.717) is 0 Å². The van der Waals surface area contributed by atoms with Crippen LogP contribution in [0.4, 0.5) is 0 Å². The van der Waals surface area contributed by atoms with Crippen molar-refractivity contribution in [2.45, 2.75) is 37.9 Å². The van der Waals surface area contributed by atoms with Gasteiger partial charge >= 0.3 is 11.9 Å². The summed E-state index contributed by atoms with van der Waals surface area (Å²) < 4.78 is 0. The van der Waals surface area contributed by atoms with Crippen molar-refractivity contribution in [2.24, 2.45) is 5.73 Å². The average Bonchev–Trinajstić information content (AvgIpc) is 2.54. The summed E-state index contributed by atoms with van der Waals surface area (Å²) in [7, 11) is 0. The molecule has 0 aromatic heterocycles. The SMILES string of the molecule is C[C@H](NC(=O)[C@H](Cc1ccccc1)NC(=O)[C@@H](N)CC(=O)O)C(=O)O. The van der Waals surface area contributed by atoms with Crippen molar-refractivity contribution >= 4 is 23.8 Å². The Balaban J connectivity index is 2.86. The number of amides is 2. The third-order valence-corrected chi connectivity index (χ3v) is 3.38. The van der Waals surface area contributed by atoms with Crippen LogP contribution >= 0.6 is 0 Å². The van der Waals surface area contributed by atoms with Crippen LogP contribution in [-0.2, 0) is 25.6 Å². The first-order valence-corrected chi connectivity index (χ1v) is 7.55. The molecule has 0 radical (unpaired) electrons. The molecule has 0 saturated heterocycles. The van der Waals surface area contributed by atoms with Crippen LogP contribution in [0.1, 0.15) is 18.9 Å². The Bertz CT molecular complexity index is 634. The highest BCUT2D eigenvalue weighted by molar-refractivity contribution is 5.93. The van der Waals surface area contributed by atoms with Crippen molar-refractivity contribution in [3.8, 4) is 0 Å². The minimum absolute atomic E-state index is 0.102. The molecule has 1 aromatic carbocycles. The Kier molecular flexibility index (Phi) is 7.54. The zero-order valence-corrected chi connectivity index (χ0v) is 13.6. The number of aliphatic carboxylic acids is 2. The molecule has 9 nitrogen and oxygen atoms in total. The number of benzene rings is 1. The van der Waals surface area contributed by atoms with E-state index in [4.69, 9.17) is 15.9 Å². The molecule has 6 N–H and O–H groups in total. The molecule has 1 rings (SSSR count). The summed E-state index contributed by atoms with van der Waals surface area (Å²) in [4.78, 5) is 45.8. The number of nitrogens with two attached hydrogens (primary N) is 1. The maximum absolute atomic E-state index is 12.3. The fourth-order valence-corrected chi connectivity index (χ4v) is 1.99. The zero-order chi connectivity index (χ0) is 19.0. The van der Waals surface area contributed by atoms with Gasteiger partial charge in [0.2, 0.25) is 11.8 Å². The number of nitrogens with one attached hydrogen (secondary N) is 2. The number of carboxylic acid groups (broad SMARTS) is 2. The van der Waals surface area contributed by atoms with Crippen LogP contribution < -0.4 is 16.4 Å². The molecule has 0 fully saturated rings. The minimum Gasteiger partial charge on any atom is -0.481 e. The lowest BCUT2D eigenvalue weighted by molar-refractivity contribution is -0.142. The van der Waals surface area contributed by atoms with E-state index in [9.17, 15) is 19.2 Å². The Morgan fingerprint density at radius 1 is 1.04 bits per heavy atom. The van der Waals surface area contributed by atoms with Gasteiger partial charge in [0.25, 0.3) is 0 Å². The lowest BCUT2D eigenvalue weighted by Crippen LogP contribution is -2.55. The van der Waals surface area contributed by atoms with Gasteiger partial charge in [0.1, 0.15) is 12.1 Å². The molecular weight excluding hydrogens is 330 g/mol. The third kappa shape index (κ3) is 7.00. The number of carboxylic acids is 2. The van der Waals surface area contributed by atoms with Crippen molar-refractivity contribution in [2.75, 3.05) is 0 Å². The van der Waals surface area contributed by atoms with Crippen molar-refractivity contribution in [3.63, 3.8) is 0 Å². The second-order valence-electron chi connectivity index (χ2n) is 5.52. The van der Waals surface area contributed by atoms with Crippen molar-refractivity contribution in [1.82, 2.24) is 10.6 Å². The van der Waals surface area contributed by atoms with Crippen LogP contribution in [0, 0.1) is 0 Å². The van der Waals surface area contributed by atoms with E-state index < -0.39 is 48.3 Å². The van der Waals surface area contributed by atoms with Crippen LogP contribution in [0.3, 0.4) is 0 Å². The van der Waals surface area contributed by atoms with Gasteiger partial charge in [0, 0.05) is 6.42 Å². The van der Waals surface area contributed by atoms with E-state index >= 15 is 0 Å². The summed E-state index contributed by atoms with van der Waals surface area (Å²) in [5, 5.41) is 22.2. The van der Waals surface area contributed by atoms with Gasteiger partial charge < -0.3 is 26.6 Å². The molecule has 0 heterocycles. The maximum atomic E-state index is 12.3. The van der Waals surface area contributed by atoms with E-state index in [1.54, 1.807) is 30.3 Å². The Morgan fingerprint density at radius 3 is 2.16 bits per heavy atom. The number of carbonyl (C=O) groups is 4. The van der Waals surface area contributed by atoms with Gasteiger partial charge in [-0.2, -0.15) is 0 Å². The lowest BCUT2D eigenvalue weighted by atomic mass is 10.0. The quantitative estimate of drug-likeness (QED) is 0.386. The molecule has 0 aliphatic heterocycles. The predicted molar refractivity (Wildman–Crippen MR) is 87.5 cm³/mol. The van der Waals surface area contributed by atoms with E-state index in [1.807, 2.05) is 0 Å². The van der Waals surface area contributed by atoms with Crippen LogP contribution in [0.5, 0.6) is 0 Å². The molecule has 25 heavy (non-hydrogen) atoms. The van der Waals surface area contributed by atoms with Crippen molar-refractivity contribution < 1.29 is 29.4 Å². The highest BCUT2D eigenvalue weighted by atomic mass is 16.4. The highest BCUT2D eigenvalue weighted by Crippen LogP contribution is 2.05. The molecule has 9 heteroatoms. The van der Waals surface area contributed by atoms with E-state index in [-0.39, 0.29) is 6.42 Å². The minimum atomic E-state index is -1.32. The smallest absolute Gasteiger partial charge is 0.325 e. The van der Waals surface area contributed by atoms with Crippen LogP contribution in [0.2, 0.25) is 0 Å². The average molecular weight is 351 g/mol. The molecule has 0 bridgehead atoms. The summed E-state index contributed by atoms with van der Waals surface area (Å²) in [6, 6.07) is 5.22. The molecule has 3 atom stereocenters. The number of carbonyl (C=O) groups excluding carboxylic acids is 2.